The van der Waals surface area contributed by atoms with Crippen molar-refractivity contribution in [3.8, 4) is 0 Å². The zero-order valence-corrected chi connectivity index (χ0v) is 9.32. The number of anilines is 1. The number of nitrogens with zero attached hydrogens (tertiary/aromatic N) is 1. The van der Waals surface area contributed by atoms with Gasteiger partial charge in [0, 0.05) is 12.1 Å². The number of methoxy groups -OCH3 is 1. The van der Waals surface area contributed by atoms with Gasteiger partial charge >= 0.3 is 5.97 Å². The summed E-state index contributed by atoms with van der Waals surface area (Å²) in [7, 11) is 1.29. The molecule has 1 heterocycles. The topological polar surface area (TPSA) is 68.3 Å². The number of carbonyl (C=O) groups excluding carboxylic acids is 2. The van der Waals surface area contributed by atoms with E-state index in [2.05, 4.69) is 15.0 Å². The maximum absolute atomic E-state index is 11.4. The van der Waals surface area contributed by atoms with Gasteiger partial charge in [-0.3, -0.25) is 9.59 Å². The quantitative estimate of drug-likeness (QED) is 0.779. The van der Waals surface area contributed by atoms with Crippen molar-refractivity contribution in [3.63, 3.8) is 0 Å². The first kappa shape index (κ1) is 12.2. The first-order chi connectivity index (χ1) is 7.61. The fourth-order valence-electron chi connectivity index (χ4n) is 1.14. The standard InChI is InChI=1S/C11H14N2O3/c1-8-4-3-5-9(12-8)13-10(14)6-7-11(15)16-2/h3-5H,6-7H2,1-2H3,(H,12,13,14). The number of hydrogen-bond donors (Lipinski definition) is 1. The summed E-state index contributed by atoms with van der Waals surface area (Å²) in [5.74, 6) is -0.147. The van der Waals surface area contributed by atoms with E-state index in [9.17, 15) is 9.59 Å². The minimum atomic E-state index is -0.396. The molecule has 0 fully saturated rings. The number of aromatic nitrogens is 1. The average molecular weight is 222 g/mol. The molecule has 5 nitrogen and oxygen atoms in total. The van der Waals surface area contributed by atoms with Crippen molar-refractivity contribution >= 4 is 17.7 Å². The van der Waals surface area contributed by atoms with E-state index in [0.29, 0.717) is 5.82 Å². The molecule has 0 radical (unpaired) electrons. The highest BCUT2D eigenvalue weighted by Gasteiger charge is 2.07. The minimum Gasteiger partial charge on any atom is -0.469 e. The molecule has 0 atom stereocenters. The summed E-state index contributed by atoms with van der Waals surface area (Å²) in [5.41, 5.74) is 0.825. The van der Waals surface area contributed by atoms with Crippen LogP contribution in [0.15, 0.2) is 18.2 Å². The van der Waals surface area contributed by atoms with Gasteiger partial charge < -0.3 is 10.1 Å². The monoisotopic (exact) mass is 222 g/mol. The Balaban J connectivity index is 2.43. The number of esters is 1. The third-order valence-corrected chi connectivity index (χ3v) is 1.94. The molecule has 0 unspecified atom stereocenters. The summed E-state index contributed by atoms with van der Waals surface area (Å²) in [6, 6.07) is 5.34. The summed E-state index contributed by atoms with van der Waals surface area (Å²) < 4.78 is 4.44. The second kappa shape index (κ2) is 5.85. The molecule has 0 aliphatic heterocycles. The van der Waals surface area contributed by atoms with Crippen molar-refractivity contribution in [3.05, 3.63) is 23.9 Å². The highest BCUT2D eigenvalue weighted by Crippen LogP contribution is 2.05. The molecule has 5 heteroatoms. The van der Waals surface area contributed by atoms with Crippen molar-refractivity contribution in [1.29, 1.82) is 0 Å². The number of amides is 1. The fraction of sp³-hybridized carbons (Fsp3) is 0.364. The van der Waals surface area contributed by atoms with Crippen LogP contribution >= 0.6 is 0 Å². The molecule has 0 aliphatic rings. The van der Waals surface area contributed by atoms with Crippen LogP contribution in [0.5, 0.6) is 0 Å². The lowest BCUT2D eigenvalue weighted by Crippen LogP contribution is -2.14. The molecule has 16 heavy (non-hydrogen) atoms. The van der Waals surface area contributed by atoms with Gasteiger partial charge in [-0.15, -0.1) is 0 Å². The normalized spacial score (nSPS) is 9.62. The van der Waals surface area contributed by atoms with Gasteiger partial charge in [0.25, 0.3) is 0 Å². The molecule has 0 saturated carbocycles. The maximum atomic E-state index is 11.4. The Bertz CT molecular complexity index is 391. The van der Waals surface area contributed by atoms with E-state index in [-0.39, 0.29) is 18.7 Å². The van der Waals surface area contributed by atoms with Gasteiger partial charge in [-0.2, -0.15) is 0 Å². The van der Waals surface area contributed by atoms with Crippen LogP contribution in [0.3, 0.4) is 0 Å². The molecule has 0 bridgehead atoms. The number of aryl methyl sites for hydroxylation is 1. The van der Waals surface area contributed by atoms with Gasteiger partial charge in [0.15, 0.2) is 0 Å². The Kier molecular flexibility index (Phi) is 4.44. The van der Waals surface area contributed by atoms with Crippen LogP contribution < -0.4 is 5.32 Å². The SMILES string of the molecule is COC(=O)CCC(=O)Nc1cccc(C)n1. The van der Waals surface area contributed by atoms with E-state index in [1.54, 1.807) is 12.1 Å². The van der Waals surface area contributed by atoms with E-state index in [1.165, 1.54) is 7.11 Å². The van der Waals surface area contributed by atoms with Crippen molar-refractivity contribution < 1.29 is 14.3 Å². The third kappa shape index (κ3) is 4.08. The van der Waals surface area contributed by atoms with E-state index in [4.69, 9.17) is 0 Å². The maximum Gasteiger partial charge on any atom is 0.306 e. The van der Waals surface area contributed by atoms with Gasteiger partial charge in [0.1, 0.15) is 5.82 Å². The average Bonchev–Trinajstić information content (AvgIpc) is 2.26. The van der Waals surface area contributed by atoms with E-state index >= 15 is 0 Å². The number of carbonyl (C=O) groups is 2. The Hall–Kier alpha value is -1.91. The van der Waals surface area contributed by atoms with Crippen molar-refractivity contribution in [1.82, 2.24) is 4.98 Å². The largest absolute Gasteiger partial charge is 0.469 e. The van der Waals surface area contributed by atoms with Crippen molar-refractivity contribution in [2.75, 3.05) is 12.4 Å². The number of ether oxygens (including phenoxy) is 1. The van der Waals surface area contributed by atoms with Crippen LogP contribution in [-0.2, 0) is 14.3 Å². The number of nitrogens with one attached hydrogen (secondary N) is 1. The smallest absolute Gasteiger partial charge is 0.306 e. The van der Waals surface area contributed by atoms with Gasteiger partial charge in [-0.05, 0) is 19.1 Å². The second-order valence-corrected chi connectivity index (χ2v) is 3.29. The fourth-order valence-corrected chi connectivity index (χ4v) is 1.14. The first-order valence-electron chi connectivity index (χ1n) is 4.92. The molecular formula is C11H14N2O3. The summed E-state index contributed by atoms with van der Waals surface area (Å²) in [6.07, 6.45) is 0.177. The van der Waals surface area contributed by atoms with Gasteiger partial charge in [-0.1, -0.05) is 6.07 Å². The Morgan fingerprint density at radius 2 is 2.12 bits per heavy atom. The lowest BCUT2D eigenvalue weighted by molar-refractivity contribution is -0.141. The Morgan fingerprint density at radius 1 is 1.38 bits per heavy atom. The van der Waals surface area contributed by atoms with Crippen LogP contribution in [0.2, 0.25) is 0 Å². The van der Waals surface area contributed by atoms with Crippen LogP contribution in [0, 0.1) is 6.92 Å². The summed E-state index contributed by atoms with van der Waals surface area (Å²) in [4.78, 5) is 26.3. The number of pyridine rings is 1. The predicted octanol–water partition coefficient (Wildman–Crippen LogP) is 1.28. The molecule has 0 spiro atoms. The molecule has 1 rings (SSSR count). The van der Waals surface area contributed by atoms with Gasteiger partial charge in [-0.25, -0.2) is 4.98 Å². The third-order valence-electron chi connectivity index (χ3n) is 1.94. The zero-order chi connectivity index (χ0) is 12.0. The van der Waals surface area contributed by atoms with E-state index in [0.717, 1.165) is 5.69 Å². The molecule has 1 aromatic heterocycles. The van der Waals surface area contributed by atoms with Crippen LogP contribution in [0.1, 0.15) is 18.5 Å². The zero-order valence-electron chi connectivity index (χ0n) is 9.32. The highest BCUT2D eigenvalue weighted by atomic mass is 16.5. The summed E-state index contributed by atoms with van der Waals surface area (Å²) in [5, 5.41) is 2.60. The minimum absolute atomic E-state index is 0.0775. The molecular weight excluding hydrogens is 208 g/mol. The van der Waals surface area contributed by atoms with Crippen LogP contribution in [-0.4, -0.2) is 24.0 Å². The van der Waals surface area contributed by atoms with Crippen LogP contribution in [0.25, 0.3) is 0 Å². The predicted molar refractivity (Wildman–Crippen MR) is 58.9 cm³/mol. The number of hydrogen-bond acceptors (Lipinski definition) is 4. The molecule has 0 saturated heterocycles. The van der Waals surface area contributed by atoms with Crippen molar-refractivity contribution in [2.24, 2.45) is 0 Å². The number of rotatable bonds is 4. The van der Waals surface area contributed by atoms with Gasteiger partial charge in [0.05, 0.1) is 13.5 Å². The molecule has 0 aromatic carbocycles. The molecule has 0 aliphatic carbocycles. The molecule has 1 aromatic rings. The van der Waals surface area contributed by atoms with Crippen molar-refractivity contribution in [2.45, 2.75) is 19.8 Å². The molecule has 1 N–H and O–H groups in total. The van der Waals surface area contributed by atoms with E-state index in [1.807, 2.05) is 13.0 Å². The molecule has 86 valence electrons. The summed E-state index contributed by atoms with van der Waals surface area (Å²) >= 11 is 0. The first-order valence-corrected chi connectivity index (χ1v) is 4.92. The molecule has 1 amide bonds. The lowest BCUT2D eigenvalue weighted by atomic mass is 10.3. The van der Waals surface area contributed by atoms with Crippen LogP contribution in [0.4, 0.5) is 5.82 Å². The summed E-state index contributed by atoms with van der Waals surface area (Å²) in [6.45, 7) is 1.84. The van der Waals surface area contributed by atoms with E-state index < -0.39 is 5.97 Å². The Morgan fingerprint density at radius 3 is 2.75 bits per heavy atom. The van der Waals surface area contributed by atoms with Gasteiger partial charge in [0.2, 0.25) is 5.91 Å². The highest BCUT2D eigenvalue weighted by molar-refractivity contribution is 5.91. The second-order valence-electron chi connectivity index (χ2n) is 3.29. The Labute approximate surface area is 93.8 Å². The lowest BCUT2D eigenvalue weighted by Gasteiger charge is -2.04.